The Morgan fingerprint density at radius 1 is 1.03 bits per heavy atom. The van der Waals surface area contributed by atoms with E-state index in [-0.39, 0.29) is 22.9 Å². The average Bonchev–Trinajstić information content (AvgIpc) is 3.08. The molecule has 7 nitrogen and oxygen atoms in total. The number of carbonyl (C=O) groups is 2. The minimum absolute atomic E-state index is 0.0750. The van der Waals surface area contributed by atoms with E-state index >= 15 is 0 Å². The van der Waals surface area contributed by atoms with Gasteiger partial charge in [-0.2, -0.15) is 0 Å². The zero-order valence-electron chi connectivity index (χ0n) is 16.3. The molecular weight excluding hydrogens is 474 g/mol. The van der Waals surface area contributed by atoms with Gasteiger partial charge in [-0.25, -0.2) is 4.98 Å². The summed E-state index contributed by atoms with van der Waals surface area (Å²) < 4.78 is 2.09. The predicted octanol–water partition coefficient (Wildman–Crippen LogP) is 3.00. The molecule has 1 N–H and O–H groups in total. The zero-order valence-corrected chi connectivity index (χ0v) is 17.9. The number of nitrogens with one attached hydrogen (secondary N) is 1. The molecule has 1 amide bonds. The normalized spacial score (nSPS) is 13.9. The fourth-order valence-corrected chi connectivity index (χ4v) is 4.06. The van der Waals surface area contributed by atoms with E-state index in [1.165, 1.54) is 28.8 Å². The molecule has 32 heavy (non-hydrogen) atoms. The number of hydrogen-bond donors (Lipinski definition) is 1. The Labute approximate surface area is 189 Å². The van der Waals surface area contributed by atoms with Gasteiger partial charge >= 0.3 is 0 Å². The van der Waals surface area contributed by atoms with Gasteiger partial charge in [0.15, 0.2) is 0 Å². The second kappa shape index (κ2) is 7.58. The molecule has 0 aliphatic carbocycles. The molecule has 0 spiro atoms. The van der Waals surface area contributed by atoms with E-state index in [1.54, 1.807) is 42.5 Å². The Bertz CT molecular complexity index is 1540. The number of para-hydroxylation sites is 1. The van der Waals surface area contributed by atoms with Gasteiger partial charge in [0, 0.05) is 15.7 Å². The van der Waals surface area contributed by atoms with E-state index in [4.69, 9.17) is 0 Å². The largest absolute Gasteiger partial charge is 0.545 e. The van der Waals surface area contributed by atoms with E-state index in [1.807, 2.05) is 6.07 Å². The number of halogens is 1. The first kappa shape index (κ1) is 19.9. The number of rotatable bonds is 3. The summed E-state index contributed by atoms with van der Waals surface area (Å²) in [4.78, 5) is 42.1. The summed E-state index contributed by atoms with van der Waals surface area (Å²) >= 11 is 3.42. The lowest BCUT2D eigenvalue weighted by Gasteiger charge is -2.13. The molecule has 156 valence electrons. The van der Waals surface area contributed by atoms with Crippen LogP contribution in [0.4, 0.5) is 5.69 Å². The third kappa shape index (κ3) is 3.30. The zero-order chi connectivity index (χ0) is 22.4. The van der Waals surface area contributed by atoms with Gasteiger partial charge in [0.1, 0.15) is 5.82 Å². The molecule has 0 unspecified atom stereocenters. The molecule has 4 aromatic rings. The Balaban J connectivity index is 1.82. The Morgan fingerprint density at radius 3 is 2.66 bits per heavy atom. The number of carbonyl (C=O) groups excluding carboxylic acids is 2. The third-order valence-corrected chi connectivity index (χ3v) is 5.67. The van der Waals surface area contributed by atoms with Gasteiger partial charge in [-0.05, 0) is 54.1 Å². The topological polar surface area (TPSA) is 104 Å². The number of carboxylic acids is 1. The predicted molar refractivity (Wildman–Crippen MR) is 122 cm³/mol. The highest BCUT2D eigenvalue weighted by molar-refractivity contribution is 9.10. The monoisotopic (exact) mass is 486 g/mol. The first-order valence-corrected chi connectivity index (χ1v) is 10.4. The third-order valence-electron chi connectivity index (χ3n) is 5.18. The fourth-order valence-electron chi connectivity index (χ4n) is 3.70. The second-order valence-corrected chi connectivity index (χ2v) is 8.08. The van der Waals surface area contributed by atoms with Crippen LogP contribution in [0.1, 0.15) is 21.7 Å². The molecule has 1 aromatic heterocycles. The van der Waals surface area contributed by atoms with Crippen LogP contribution in [0.15, 0.2) is 76.0 Å². The summed E-state index contributed by atoms with van der Waals surface area (Å²) in [6.07, 6.45) is 1.53. The molecule has 0 radical (unpaired) electrons. The molecule has 0 saturated heterocycles. The maximum atomic E-state index is 13.4. The fraction of sp³-hybridized carbons (Fsp3) is 0. The molecule has 5 rings (SSSR count). The molecule has 2 heterocycles. The number of aromatic nitrogens is 2. The van der Waals surface area contributed by atoms with Crippen LogP contribution in [-0.2, 0) is 4.79 Å². The van der Waals surface area contributed by atoms with Gasteiger partial charge in [0.05, 0.1) is 28.1 Å². The van der Waals surface area contributed by atoms with E-state index in [2.05, 4.69) is 26.2 Å². The lowest BCUT2D eigenvalue weighted by Crippen LogP contribution is -2.25. The number of anilines is 1. The van der Waals surface area contributed by atoms with Gasteiger partial charge in [-0.1, -0.05) is 40.2 Å². The Morgan fingerprint density at radius 2 is 1.84 bits per heavy atom. The summed E-state index contributed by atoms with van der Waals surface area (Å²) in [5, 5.41) is 14.5. The standard InChI is InChI=1S/C24H14BrN3O4/c25-14-8-9-20-17(11-14)18(22(29)27-20)12-21-26-19-7-2-1-6-16(19)23(30)28(21)15-5-3-4-13(10-15)24(31)32/h1-12H,(H,27,29)(H,31,32)/p-1/b18-12+. The summed E-state index contributed by atoms with van der Waals surface area (Å²) in [5.41, 5.74) is 1.97. The number of fused-ring (bicyclic) bond motifs is 2. The van der Waals surface area contributed by atoms with Crippen molar-refractivity contribution < 1.29 is 14.7 Å². The maximum Gasteiger partial charge on any atom is 0.266 e. The number of carboxylic acid groups (broad SMARTS) is 1. The van der Waals surface area contributed by atoms with E-state index < -0.39 is 5.97 Å². The van der Waals surface area contributed by atoms with Crippen molar-refractivity contribution in [2.75, 3.05) is 5.32 Å². The lowest BCUT2D eigenvalue weighted by molar-refractivity contribution is -0.255. The second-order valence-electron chi connectivity index (χ2n) is 7.17. The molecule has 0 bridgehead atoms. The first-order valence-electron chi connectivity index (χ1n) is 9.59. The van der Waals surface area contributed by atoms with Gasteiger partial charge in [-0.3, -0.25) is 14.2 Å². The van der Waals surface area contributed by atoms with Gasteiger partial charge < -0.3 is 15.2 Å². The minimum Gasteiger partial charge on any atom is -0.545 e. The van der Waals surface area contributed by atoms with Crippen LogP contribution in [0.5, 0.6) is 0 Å². The molecule has 1 aliphatic rings. The van der Waals surface area contributed by atoms with Crippen LogP contribution < -0.4 is 16.0 Å². The lowest BCUT2D eigenvalue weighted by atomic mass is 10.1. The highest BCUT2D eigenvalue weighted by atomic mass is 79.9. The summed E-state index contributed by atoms with van der Waals surface area (Å²) in [7, 11) is 0. The smallest absolute Gasteiger partial charge is 0.266 e. The van der Waals surface area contributed by atoms with E-state index in [0.29, 0.717) is 33.4 Å². The summed E-state index contributed by atoms with van der Waals surface area (Å²) in [6, 6.07) is 18.1. The van der Waals surface area contributed by atoms with Gasteiger partial charge in [0.25, 0.3) is 11.5 Å². The van der Waals surface area contributed by atoms with Gasteiger partial charge in [0.2, 0.25) is 0 Å². The Kier molecular flexibility index (Phi) is 4.71. The molecule has 0 atom stereocenters. The van der Waals surface area contributed by atoms with Crippen molar-refractivity contribution in [1.82, 2.24) is 9.55 Å². The number of hydrogen-bond acceptors (Lipinski definition) is 5. The van der Waals surface area contributed by atoms with Crippen LogP contribution >= 0.6 is 15.9 Å². The highest BCUT2D eigenvalue weighted by Gasteiger charge is 2.25. The first-order chi connectivity index (χ1) is 15.4. The number of aromatic carboxylic acids is 1. The van der Waals surface area contributed by atoms with E-state index in [0.717, 1.165) is 4.47 Å². The molecule has 8 heteroatoms. The summed E-state index contributed by atoms with van der Waals surface area (Å²) in [6.45, 7) is 0. The number of benzene rings is 3. The van der Waals surface area contributed by atoms with Crippen LogP contribution in [0.3, 0.4) is 0 Å². The van der Waals surface area contributed by atoms with Crippen molar-refractivity contribution in [1.29, 1.82) is 0 Å². The van der Waals surface area contributed by atoms with Crippen LogP contribution in [0.2, 0.25) is 0 Å². The summed E-state index contributed by atoms with van der Waals surface area (Å²) in [5.74, 6) is -1.49. The van der Waals surface area contributed by atoms with Crippen LogP contribution in [0.25, 0.3) is 28.2 Å². The SMILES string of the molecule is O=C1Nc2ccc(Br)cc2/C1=C\c1nc2ccccc2c(=O)n1-c1cccc(C(=O)[O-])c1. The van der Waals surface area contributed by atoms with Crippen molar-refractivity contribution in [3.05, 3.63) is 98.5 Å². The maximum absolute atomic E-state index is 13.4. The highest BCUT2D eigenvalue weighted by Crippen LogP contribution is 2.35. The minimum atomic E-state index is -1.36. The van der Waals surface area contributed by atoms with Crippen molar-refractivity contribution in [2.24, 2.45) is 0 Å². The van der Waals surface area contributed by atoms with Crippen molar-refractivity contribution in [3.63, 3.8) is 0 Å². The Hall–Kier alpha value is -4.04. The molecule has 3 aromatic carbocycles. The number of amides is 1. The number of nitrogens with zero attached hydrogens (tertiary/aromatic N) is 2. The van der Waals surface area contributed by atoms with Crippen molar-refractivity contribution in [3.8, 4) is 5.69 Å². The van der Waals surface area contributed by atoms with Gasteiger partial charge in [-0.15, -0.1) is 0 Å². The molecule has 0 fully saturated rings. The van der Waals surface area contributed by atoms with Crippen molar-refractivity contribution in [2.45, 2.75) is 0 Å². The average molecular weight is 487 g/mol. The van der Waals surface area contributed by atoms with Crippen molar-refractivity contribution >= 4 is 56.0 Å². The van der Waals surface area contributed by atoms with E-state index in [9.17, 15) is 19.5 Å². The van der Waals surface area contributed by atoms with Crippen LogP contribution in [0, 0.1) is 0 Å². The molecule has 0 saturated carbocycles. The van der Waals surface area contributed by atoms with Crippen LogP contribution in [-0.4, -0.2) is 21.4 Å². The quantitative estimate of drug-likeness (QED) is 0.448. The molecular formula is C24H13BrN3O4-. The molecule has 1 aliphatic heterocycles.